The second-order valence-electron chi connectivity index (χ2n) is 9.81. The van der Waals surface area contributed by atoms with Crippen LogP contribution in [0, 0.1) is 5.92 Å². The number of rotatable bonds is 10. The average Bonchev–Trinajstić information content (AvgIpc) is 3.33. The lowest BCUT2D eigenvalue weighted by atomic mass is 9.70. The van der Waals surface area contributed by atoms with Crippen LogP contribution < -0.4 is 18.9 Å². The number of aliphatic carboxylic acids is 1. The highest BCUT2D eigenvalue weighted by Gasteiger charge is 2.78. The van der Waals surface area contributed by atoms with Crippen molar-refractivity contribution >= 4 is 5.97 Å². The van der Waals surface area contributed by atoms with Gasteiger partial charge in [0.1, 0.15) is 29.1 Å². The molecule has 1 saturated carbocycles. The summed E-state index contributed by atoms with van der Waals surface area (Å²) in [5, 5.41) is 43.8. The van der Waals surface area contributed by atoms with Crippen molar-refractivity contribution in [3.63, 3.8) is 0 Å². The zero-order valence-electron chi connectivity index (χ0n) is 21.7. The van der Waals surface area contributed by atoms with E-state index in [9.17, 15) is 20.1 Å². The van der Waals surface area contributed by atoms with Crippen LogP contribution in [0.4, 0.5) is 0 Å². The molecule has 39 heavy (non-hydrogen) atoms. The number of carboxylic acids is 1. The summed E-state index contributed by atoms with van der Waals surface area (Å²) in [5.41, 5.74) is -2.75. The Labute approximate surface area is 226 Å². The van der Waals surface area contributed by atoms with Crippen LogP contribution >= 0.6 is 0 Å². The van der Waals surface area contributed by atoms with Crippen molar-refractivity contribution in [2.24, 2.45) is 5.92 Å². The number of unbranched alkanes of at least 4 members (excludes halogenated alkanes) is 1. The minimum atomic E-state index is -2.21. The summed E-state index contributed by atoms with van der Waals surface area (Å²) in [6.07, 6.45) is -0.541. The fraction of sp³-hybridized carbons (Fsp3) is 0.367. The second-order valence-corrected chi connectivity index (χ2v) is 9.81. The first-order valence-electron chi connectivity index (χ1n) is 12.8. The highest BCUT2D eigenvalue weighted by molar-refractivity contribution is 5.77. The maximum Gasteiger partial charge on any atom is 0.310 e. The van der Waals surface area contributed by atoms with Crippen molar-refractivity contribution in [2.45, 2.75) is 36.1 Å². The summed E-state index contributed by atoms with van der Waals surface area (Å²) in [7, 11) is 2.96. The smallest absolute Gasteiger partial charge is 0.310 e. The van der Waals surface area contributed by atoms with E-state index >= 15 is 0 Å². The molecule has 5 atom stereocenters. The van der Waals surface area contributed by atoms with Crippen molar-refractivity contribution in [3.8, 4) is 23.0 Å². The Balaban J connectivity index is 1.76. The molecule has 3 aromatic carbocycles. The van der Waals surface area contributed by atoms with E-state index in [0.29, 0.717) is 42.1 Å². The van der Waals surface area contributed by atoms with Gasteiger partial charge in [0, 0.05) is 24.7 Å². The molecule has 1 aliphatic carbocycles. The van der Waals surface area contributed by atoms with Crippen LogP contribution in [-0.4, -0.2) is 59.9 Å². The molecule has 0 saturated heterocycles. The van der Waals surface area contributed by atoms with E-state index in [1.807, 2.05) is 6.07 Å². The lowest BCUT2D eigenvalue weighted by Crippen LogP contribution is -2.52. The van der Waals surface area contributed by atoms with Crippen LogP contribution in [0.3, 0.4) is 0 Å². The van der Waals surface area contributed by atoms with Crippen LogP contribution in [0.2, 0.25) is 0 Å². The molecule has 1 fully saturated rings. The monoisotopic (exact) mass is 536 g/mol. The summed E-state index contributed by atoms with van der Waals surface area (Å²) >= 11 is 0. The number of fused-ring (bicyclic) bond motifs is 3. The van der Waals surface area contributed by atoms with Gasteiger partial charge in [0.15, 0.2) is 11.2 Å². The van der Waals surface area contributed by atoms with Crippen molar-refractivity contribution in [1.82, 2.24) is 0 Å². The molecule has 0 amide bonds. The summed E-state index contributed by atoms with van der Waals surface area (Å²) in [4.78, 5) is 12.7. The van der Waals surface area contributed by atoms with E-state index in [0.717, 1.165) is 0 Å². The van der Waals surface area contributed by atoms with E-state index in [1.165, 1.54) is 14.2 Å². The molecule has 1 heterocycles. The van der Waals surface area contributed by atoms with Crippen molar-refractivity contribution in [2.75, 3.05) is 27.4 Å². The standard InChI is InChI=1S/C30H32O9/c1-36-20-12-10-19(11-13-20)30-25(18-8-4-3-5-9-18)24(28(33)34)27(32)29(30,35)26-22(37-2)16-21(17-23(26)39-30)38-15-7-6-14-31/h3-5,8-13,16-17,24-25,27,31-32,35H,6-7,14-15H2,1-2H3,(H,33,34)/t24-,25-,27-,29+,30+/m1/s1. The largest absolute Gasteiger partial charge is 0.497 e. The van der Waals surface area contributed by atoms with Crippen molar-refractivity contribution < 1.29 is 44.2 Å². The zero-order valence-corrected chi connectivity index (χ0v) is 21.7. The average molecular weight is 537 g/mol. The first-order chi connectivity index (χ1) is 18.8. The number of carbonyl (C=O) groups is 1. The molecule has 0 bridgehead atoms. The third kappa shape index (κ3) is 4.00. The van der Waals surface area contributed by atoms with E-state index in [2.05, 4.69) is 0 Å². The first kappa shape index (κ1) is 26.8. The van der Waals surface area contributed by atoms with Gasteiger partial charge in [-0.15, -0.1) is 0 Å². The van der Waals surface area contributed by atoms with Gasteiger partial charge in [-0.3, -0.25) is 4.79 Å². The second kappa shape index (κ2) is 10.4. The Hall–Kier alpha value is -3.79. The minimum Gasteiger partial charge on any atom is -0.497 e. The first-order valence-corrected chi connectivity index (χ1v) is 12.8. The van der Waals surface area contributed by atoms with Gasteiger partial charge in [0.25, 0.3) is 0 Å². The van der Waals surface area contributed by atoms with Crippen LogP contribution in [0.5, 0.6) is 23.0 Å². The van der Waals surface area contributed by atoms with Gasteiger partial charge in [-0.05, 0) is 36.1 Å². The number of aliphatic hydroxyl groups excluding tert-OH is 2. The number of hydrogen-bond acceptors (Lipinski definition) is 8. The number of hydrogen-bond donors (Lipinski definition) is 4. The van der Waals surface area contributed by atoms with Crippen molar-refractivity contribution in [3.05, 3.63) is 83.4 Å². The SMILES string of the molecule is COc1ccc([C@@]23Oc4cc(OCCCCO)cc(OC)c4[C@]2(O)[C@H](O)[C@H](C(=O)O)[C@H]3c2ccccc2)cc1. The molecule has 2 aliphatic rings. The molecule has 0 unspecified atom stereocenters. The van der Waals surface area contributed by atoms with Gasteiger partial charge >= 0.3 is 5.97 Å². The Kier molecular flexibility index (Phi) is 7.15. The number of methoxy groups -OCH3 is 2. The molecular formula is C30H32O9. The molecule has 0 radical (unpaired) electrons. The quantitative estimate of drug-likeness (QED) is 0.288. The third-order valence-corrected chi connectivity index (χ3v) is 7.83. The molecule has 5 rings (SSSR count). The molecule has 9 nitrogen and oxygen atoms in total. The van der Waals surface area contributed by atoms with Gasteiger partial charge in [0.05, 0.1) is 32.3 Å². The Morgan fingerprint density at radius 3 is 2.31 bits per heavy atom. The lowest BCUT2D eigenvalue weighted by molar-refractivity contribution is -0.159. The van der Waals surface area contributed by atoms with Gasteiger partial charge in [-0.25, -0.2) is 0 Å². The van der Waals surface area contributed by atoms with E-state index < -0.39 is 35.1 Å². The van der Waals surface area contributed by atoms with Gasteiger partial charge in [-0.1, -0.05) is 42.5 Å². The Bertz CT molecular complexity index is 1330. The van der Waals surface area contributed by atoms with Gasteiger partial charge in [-0.2, -0.15) is 0 Å². The number of carboxylic acid groups (broad SMARTS) is 1. The highest BCUT2D eigenvalue weighted by atomic mass is 16.5. The summed E-state index contributed by atoms with van der Waals surface area (Å²) in [5.74, 6) is -2.28. The molecule has 0 aromatic heterocycles. The van der Waals surface area contributed by atoms with Crippen LogP contribution in [0.1, 0.15) is 35.4 Å². The Morgan fingerprint density at radius 1 is 0.974 bits per heavy atom. The predicted molar refractivity (Wildman–Crippen MR) is 140 cm³/mol. The maximum absolute atomic E-state index is 12.7. The molecule has 9 heteroatoms. The molecule has 4 N–H and O–H groups in total. The predicted octanol–water partition coefficient (Wildman–Crippen LogP) is 3.19. The summed E-state index contributed by atoms with van der Waals surface area (Å²) in [6.45, 7) is 0.396. The topological polar surface area (TPSA) is 135 Å². The fourth-order valence-corrected chi connectivity index (χ4v) is 6.15. The molecule has 206 valence electrons. The van der Waals surface area contributed by atoms with E-state index in [-0.39, 0.29) is 23.7 Å². The lowest BCUT2D eigenvalue weighted by Gasteiger charge is -2.40. The number of aliphatic hydroxyl groups is 3. The van der Waals surface area contributed by atoms with Gasteiger partial charge in [0.2, 0.25) is 0 Å². The van der Waals surface area contributed by atoms with E-state index in [4.69, 9.17) is 24.1 Å². The number of ether oxygens (including phenoxy) is 4. The van der Waals surface area contributed by atoms with Crippen LogP contribution in [0.25, 0.3) is 0 Å². The Morgan fingerprint density at radius 2 is 1.69 bits per heavy atom. The summed E-state index contributed by atoms with van der Waals surface area (Å²) < 4.78 is 23.6. The van der Waals surface area contributed by atoms with Crippen LogP contribution in [-0.2, 0) is 16.0 Å². The maximum atomic E-state index is 12.7. The molecule has 0 spiro atoms. The molecule has 1 aliphatic heterocycles. The summed E-state index contributed by atoms with van der Waals surface area (Å²) in [6, 6.07) is 18.9. The van der Waals surface area contributed by atoms with Crippen LogP contribution in [0.15, 0.2) is 66.7 Å². The highest BCUT2D eigenvalue weighted by Crippen LogP contribution is 2.70. The minimum absolute atomic E-state index is 0.0564. The molecular weight excluding hydrogens is 504 g/mol. The normalized spacial score (nSPS) is 26.8. The van der Waals surface area contributed by atoms with E-state index in [1.54, 1.807) is 60.7 Å². The third-order valence-electron chi connectivity index (χ3n) is 7.83. The van der Waals surface area contributed by atoms with Gasteiger partial charge < -0.3 is 39.4 Å². The zero-order chi connectivity index (χ0) is 27.8. The molecule has 3 aromatic rings. The number of benzene rings is 3. The fourth-order valence-electron chi connectivity index (χ4n) is 6.15. The van der Waals surface area contributed by atoms with Crippen molar-refractivity contribution in [1.29, 1.82) is 0 Å².